The molecule has 0 bridgehead atoms. The minimum atomic E-state index is -0.399. The molecule has 1 aliphatic carbocycles. The Hall–Kier alpha value is -0.770. The Morgan fingerprint density at radius 3 is 2.93 bits per heavy atom. The van der Waals surface area contributed by atoms with Crippen molar-refractivity contribution in [2.24, 2.45) is 0 Å². The van der Waals surface area contributed by atoms with Crippen LogP contribution in [0, 0.1) is 0 Å². The van der Waals surface area contributed by atoms with Gasteiger partial charge in [-0.1, -0.05) is 13.3 Å². The predicted molar refractivity (Wildman–Crippen MR) is 53.0 cm³/mol. The van der Waals surface area contributed by atoms with Crippen LogP contribution < -0.4 is 5.32 Å². The fraction of sp³-hybridized carbons (Fsp3) is 0.900. The maximum Gasteiger partial charge on any atom is 0.407 e. The number of hydrogen-bond acceptors (Lipinski definition) is 3. The molecule has 82 valence electrons. The Morgan fingerprint density at radius 1 is 1.57 bits per heavy atom. The van der Waals surface area contributed by atoms with E-state index in [-0.39, 0.29) is 6.04 Å². The second-order valence-corrected chi connectivity index (χ2v) is 3.74. The minimum absolute atomic E-state index is 0.107. The Kier molecular flexibility index (Phi) is 4.73. The molecule has 0 radical (unpaired) electrons. The van der Waals surface area contributed by atoms with E-state index in [0.717, 1.165) is 32.1 Å². The first kappa shape index (κ1) is 11.3. The predicted octanol–water partition coefficient (Wildman–Crippen LogP) is 1.43. The maximum atomic E-state index is 11.2. The van der Waals surface area contributed by atoms with E-state index in [2.05, 4.69) is 5.32 Å². The summed E-state index contributed by atoms with van der Waals surface area (Å²) < 4.78 is 4.93. The molecule has 0 unspecified atom stereocenters. The fourth-order valence-electron chi connectivity index (χ4n) is 1.61. The van der Waals surface area contributed by atoms with Crippen LogP contribution in [-0.2, 0) is 4.74 Å². The fourth-order valence-corrected chi connectivity index (χ4v) is 1.61. The van der Waals surface area contributed by atoms with Crippen LogP contribution in [-0.4, -0.2) is 30.0 Å². The number of aliphatic hydroxyl groups excluding tert-OH is 1. The molecule has 2 atom stereocenters. The number of carbonyl (C=O) groups excluding carboxylic acids is 1. The minimum Gasteiger partial charge on any atom is -0.450 e. The highest BCUT2D eigenvalue weighted by Gasteiger charge is 2.26. The van der Waals surface area contributed by atoms with E-state index < -0.39 is 12.2 Å². The normalized spacial score (nSPS) is 26.1. The Balaban J connectivity index is 2.13. The number of nitrogens with one attached hydrogen (secondary N) is 1. The third-order valence-electron chi connectivity index (χ3n) is 2.51. The van der Waals surface area contributed by atoms with Gasteiger partial charge in [-0.2, -0.15) is 0 Å². The summed E-state index contributed by atoms with van der Waals surface area (Å²) in [5, 5.41) is 12.1. The lowest BCUT2D eigenvalue weighted by Crippen LogP contribution is -2.40. The molecule has 0 aromatic carbocycles. The molecule has 1 amide bonds. The highest BCUT2D eigenvalue weighted by Crippen LogP contribution is 2.18. The molecule has 0 aromatic rings. The Bertz CT molecular complexity index is 184. The van der Waals surface area contributed by atoms with Crippen molar-refractivity contribution in [2.45, 2.75) is 51.2 Å². The smallest absolute Gasteiger partial charge is 0.407 e. The molecular formula is C10H19NO3. The molecule has 0 aromatic heterocycles. The summed E-state index contributed by atoms with van der Waals surface area (Å²) in [5.41, 5.74) is 0. The average molecular weight is 201 g/mol. The van der Waals surface area contributed by atoms with Crippen LogP contribution in [0.5, 0.6) is 0 Å². The van der Waals surface area contributed by atoms with Gasteiger partial charge in [0, 0.05) is 0 Å². The number of ether oxygens (including phenoxy) is 1. The van der Waals surface area contributed by atoms with Gasteiger partial charge in [0.15, 0.2) is 0 Å². The molecule has 0 heterocycles. The number of unbranched alkanes of at least 4 members (excludes halogenated alkanes) is 1. The lowest BCUT2D eigenvalue weighted by atomic mass is 10.2. The number of aliphatic hydroxyl groups is 1. The van der Waals surface area contributed by atoms with Crippen LogP contribution in [0.4, 0.5) is 4.79 Å². The molecule has 1 saturated carbocycles. The number of hydrogen-bond donors (Lipinski definition) is 2. The average Bonchev–Trinajstić information content (AvgIpc) is 2.52. The summed E-state index contributed by atoms with van der Waals surface area (Å²) in [6.45, 7) is 2.51. The first-order valence-corrected chi connectivity index (χ1v) is 5.35. The van der Waals surface area contributed by atoms with Gasteiger partial charge in [0.25, 0.3) is 0 Å². The van der Waals surface area contributed by atoms with Gasteiger partial charge in [-0.25, -0.2) is 4.79 Å². The SMILES string of the molecule is CCCCOC(=O)N[C@H]1CCC[C@@H]1O. The van der Waals surface area contributed by atoms with E-state index in [1.807, 2.05) is 6.92 Å². The van der Waals surface area contributed by atoms with Crippen molar-refractivity contribution < 1.29 is 14.6 Å². The van der Waals surface area contributed by atoms with Gasteiger partial charge < -0.3 is 15.2 Å². The summed E-state index contributed by atoms with van der Waals surface area (Å²) in [4.78, 5) is 11.2. The van der Waals surface area contributed by atoms with Crippen LogP contribution in [0.1, 0.15) is 39.0 Å². The van der Waals surface area contributed by atoms with Crippen molar-refractivity contribution in [3.05, 3.63) is 0 Å². The molecule has 0 spiro atoms. The summed E-state index contributed by atoms with van der Waals surface area (Å²) >= 11 is 0. The van der Waals surface area contributed by atoms with Gasteiger partial charge in [0.1, 0.15) is 0 Å². The molecule has 1 rings (SSSR count). The van der Waals surface area contributed by atoms with Gasteiger partial charge in [0.05, 0.1) is 18.8 Å². The first-order valence-electron chi connectivity index (χ1n) is 5.35. The van der Waals surface area contributed by atoms with Gasteiger partial charge in [-0.15, -0.1) is 0 Å². The molecule has 1 aliphatic rings. The van der Waals surface area contributed by atoms with Crippen molar-refractivity contribution in [2.75, 3.05) is 6.61 Å². The second kappa shape index (κ2) is 5.86. The Labute approximate surface area is 84.6 Å². The van der Waals surface area contributed by atoms with E-state index in [0.29, 0.717) is 6.61 Å². The molecule has 2 N–H and O–H groups in total. The van der Waals surface area contributed by atoms with Gasteiger partial charge >= 0.3 is 6.09 Å². The molecule has 0 aliphatic heterocycles. The number of amides is 1. The summed E-state index contributed by atoms with van der Waals surface area (Å²) in [6.07, 6.45) is 3.71. The zero-order chi connectivity index (χ0) is 10.4. The van der Waals surface area contributed by atoms with E-state index in [1.54, 1.807) is 0 Å². The van der Waals surface area contributed by atoms with Gasteiger partial charge in [-0.3, -0.25) is 0 Å². The first-order chi connectivity index (χ1) is 6.74. The molecule has 1 fully saturated rings. The number of alkyl carbamates (subject to hydrolysis) is 1. The van der Waals surface area contributed by atoms with E-state index in [9.17, 15) is 9.90 Å². The van der Waals surface area contributed by atoms with Crippen molar-refractivity contribution >= 4 is 6.09 Å². The Morgan fingerprint density at radius 2 is 2.36 bits per heavy atom. The molecule has 4 nitrogen and oxygen atoms in total. The van der Waals surface area contributed by atoms with Crippen LogP contribution >= 0.6 is 0 Å². The molecular weight excluding hydrogens is 182 g/mol. The third kappa shape index (κ3) is 3.54. The number of rotatable bonds is 4. The zero-order valence-electron chi connectivity index (χ0n) is 8.66. The van der Waals surface area contributed by atoms with Gasteiger partial charge in [0.2, 0.25) is 0 Å². The van der Waals surface area contributed by atoms with Crippen LogP contribution in [0.25, 0.3) is 0 Å². The highest BCUT2D eigenvalue weighted by atomic mass is 16.5. The van der Waals surface area contributed by atoms with Crippen molar-refractivity contribution in [1.82, 2.24) is 5.32 Å². The summed E-state index contributed by atoms with van der Waals surface area (Å²) in [7, 11) is 0. The zero-order valence-corrected chi connectivity index (χ0v) is 8.66. The summed E-state index contributed by atoms with van der Waals surface area (Å²) in [6, 6.07) is -0.107. The lowest BCUT2D eigenvalue weighted by molar-refractivity contribution is 0.116. The number of carbonyl (C=O) groups is 1. The molecule has 14 heavy (non-hydrogen) atoms. The van der Waals surface area contributed by atoms with E-state index >= 15 is 0 Å². The van der Waals surface area contributed by atoms with E-state index in [1.165, 1.54) is 0 Å². The van der Waals surface area contributed by atoms with Crippen LogP contribution in [0.15, 0.2) is 0 Å². The van der Waals surface area contributed by atoms with Crippen LogP contribution in [0.3, 0.4) is 0 Å². The molecule has 0 saturated heterocycles. The lowest BCUT2D eigenvalue weighted by Gasteiger charge is -2.15. The van der Waals surface area contributed by atoms with Crippen molar-refractivity contribution in [1.29, 1.82) is 0 Å². The van der Waals surface area contributed by atoms with Crippen molar-refractivity contribution in [3.8, 4) is 0 Å². The van der Waals surface area contributed by atoms with Crippen molar-refractivity contribution in [3.63, 3.8) is 0 Å². The quantitative estimate of drug-likeness (QED) is 0.676. The van der Waals surface area contributed by atoms with Crippen LogP contribution in [0.2, 0.25) is 0 Å². The summed E-state index contributed by atoms with van der Waals surface area (Å²) in [5.74, 6) is 0. The highest BCUT2D eigenvalue weighted by molar-refractivity contribution is 5.67. The molecule has 4 heteroatoms. The monoisotopic (exact) mass is 201 g/mol. The third-order valence-corrected chi connectivity index (χ3v) is 2.51. The largest absolute Gasteiger partial charge is 0.450 e. The topological polar surface area (TPSA) is 58.6 Å². The standard InChI is InChI=1S/C10H19NO3/c1-2-3-7-14-10(13)11-8-5-4-6-9(8)12/h8-9,12H,2-7H2,1H3,(H,11,13)/t8-,9-/m0/s1. The second-order valence-electron chi connectivity index (χ2n) is 3.74. The van der Waals surface area contributed by atoms with E-state index in [4.69, 9.17) is 4.74 Å². The van der Waals surface area contributed by atoms with Gasteiger partial charge in [-0.05, 0) is 25.7 Å². The maximum absolute atomic E-state index is 11.2.